The van der Waals surface area contributed by atoms with E-state index in [0.29, 0.717) is 6.54 Å². The number of aromatic nitrogens is 2. The Kier molecular flexibility index (Phi) is 2.96. The molecule has 3 heteroatoms. The number of nitrogens with zero attached hydrogens (tertiary/aromatic N) is 2. The molecule has 2 aromatic rings. The Bertz CT molecular complexity index is 538. The maximum Gasteiger partial charge on any atom is 0.106 e. The van der Waals surface area contributed by atoms with Crippen molar-refractivity contribution in [3.63, 3.8) is 0 Å². The predicted octanol–water partition coefficient (Wildman–Crippen LogP) is 2.60. The molecule has 0 fully saturated rings. The maximum atomic E-state index is 5.82. The van der Waals surface area contributed by atoms with Crippen molar-refractivity contribution < 1.29 is 0 Å². The van der Waals surface area contributed by atoms with Crippen molar-refractivity contribution in [2.75, 3.05) is 6.54 Å². The van der Waals surface area contributed by atoms with Gasteiger partial charge < -0.3 is 10.3 Å². The first-order valence-corrected chi connectivity index (χ1v) is 6.17. The predicted molar refractivity (Wildman–Crippen MR) is 72.2 cm³/mol. The van der Waals surface area contributed by atoms with Gasteiger partial charge in [-0.25, -0.2) is 4.98 Å². The van der Waals surface area contributed by atoms with Gasteiger partial charge in [0.05, 0.1) is 11.0 Å². The van der Waals surface area contributed by atoms with E-state index in [1.807, 2.05) is 0 Å². The number of hydrogen-bond acceptors (Lipinski definition) is 2. The second-order valence-corrected chi connectivity index (χ2v) is 5.19. The first kappa shape index (κ1) is 12.1. The van der Waals surface area contributed by atoms with Gasteiger partial charge in [-0.05, 0) is 31.5 Å². The van der Waals surface area contributed by atoms with E-state index >= 15 is 0 Å². The number of fused-ring (bicyclic) bond motifs is 1. The van der Waals surface area contributed by atoms with Gasteiger partial charge in [-0.1, -0.05) is 19.9 Å². The van der Waals surface area contributed by atoms with Crippen molar-refractivity contribution in [1.29, 1.82) is 0 Å². The molecule has 1 heterocycles. The van der Waals surface area contributed by atoms with E-state index in [-0.39, 0.29) is 5.41 Å². The lowest BCUT2D eigenvalue weighted by atomic mass is 9.85. The molecule has 0 aliphatic carbocycles. The van der Waals surface area contributed by atoms with Gasteiger partial charge in [0.1, 0.15) is 5.82 Å². The molecule has 0 aliphatic heterocycles. The van der Waals surface area contributed by atoms with Crippen LogP contribution in [0.1, 0.15) is 32.2 Å². The lowest BCUT2D eigenvalue weighted by molar-refractivity contribution is 0.539. The summed E-state index contributed by atoms with van der Waals surface area (Å²) in [7, 11) is 0. The SMILES string of the molecule is CCn1c(C)nc2cc(C(C)(C)CN)ccc21. The van der Waals surface area contributed by atoms with Crippen LogP contribution < -0.4 is 5.73 Å². The van der Waals surface area contributed by atoms with Gasteiger partial charge in [-0.3, -0.25) is 0 Å². The monoisotopic (exact) mass is 231 g/mol. The molecule has 0 unspecified atom stereocenters. The summed E-state index contributed by atoms with van der Waals surface area (Å²) < 4.78 is 2.23. The van der Waals surface area contributed by atoms with Crippen molar-refractivity contribution >= 4 is 11.0 Å². The number of nitrogens with two attached hydrogens (primary N) is 1. The van der Waals surface area contributed by atoms with E-state index in [9.17, 15) is 0 Å². The summed E-state index contributed by atoms with van der Waals surface area (Å²) in [5, 5.41) is 0. The van der Waals surface area contributed by atoms with Crippen LogP contribution in [0.4, 0.5) is 0 Å². The summed E-state index contributed by atoms with van der Waals surface area (Å²) >= 11 is 0. The number of aryl methyl sites for hydroxylation is 2. The first-order chi connectivity index (χ1) is 7.99. The largest absolute Gasteiger partial charge is 0.330 e. The lowest BCUT2D eigenvalue weighted by Gasteiger charge is -2.22. The van der Waals surface area contributed by atoms with Crippen molar-refractivity contribution in [3.05, 3.63) is 29.6 Å². The molecule has 3 nitrogen and oxygen atoms in total. The van der Waals surface area contributed by atoms with Crippen LogP contribution >= 0.6 is 0 Å². The van der Waals surface area contributed by atoms with Gasteiger partial charge in [0.25, 0.3) is 0 Å². The van der Waals surface area contributed by atoms with Gasteiger partial charge >= 0.3 is 0 Å². The molecule has 0 bridgehead atoms. The quantitative estimate of drug-likeness (QED) is 0.882. The van der Waals surface area contributed by atoms with Crippen molar-refractivity contribution in [2.45, 2.75) is 39.7 Å². The molecule has 0 radical (unpaired) electrons. The van der Waals surface area contributed by atoms with Crippen LogP contribution in [0.2, 0.25) is 0 Å². The van der Waals surface area contributed by atoms with Crippen LogP contribution in [0.3, 0.4) is 0 Å². The zero-order valence-electron chi connectivity index (χ0n) is 11.1. The van der Waals surface area contributed by atoms with Crippen LogP contribution in [0, 0.1) is 6.92 Å². The summed E-state index contributed by atoms with van der Waals surface area (Å²) in [6, 6.07) is 6.50. The molecule has 17 heavy (non-hydrogen) atoms. The minimum atomic E-state index is 0.0120. The topological polar surface area (TPSA) is 43.8 Å². The average molecular weight is 231 g/mol. The second kappa shape index (κ2) is 4.15. The minimum Gasteiger partial charge on any atom is -0.330 e. The third-order valence-corrected chi connectivity index (χ3v) is 3.55. The van der Waals surface area contributed by atoms with E-state index in [0.717, 1.165) is 17.9 Å². The van der Waals surface area contributed by atoms with Crippen LogP contribution in [-0.4, -0.2) is 16.1 Å². The van der Waals surface area contributed by atoms with E-state index in [1.54, 1.807) is 0 Å². The Balaban J connectivity index is 2.60. The molecule has 1 aromatic carbocycles. The molecule has 0 spiro atoms. The van der Waals surface area contributed by atoms with E-state index in [2.05, 4.69) is 55.4 Å². The van der Waals surface area contributed by atoms with E-state index in [1.165, 1.54) is 11.1 Å². The third kappa shape index (κ3) is 1.95. The van der Waals surface area contributed by atoms with Crippen molar-refractivity contribution in [2.24, 2.45) is 5.73 Å². The van der Waals surface area contributed by atoms with Gasteiger partial charge in [0.15, 0.2) is 0 Å². The summed E-state index contributed by atoms with van der Waals surface area (Å²) in [5.41, 5.74) is 9.37. The fraction of sp³-hybridized carbons (Fsp3) is 0.500. The Hall–Kier alpha value is -1.35. The zero-order valence-corrected chi connectivity index (χ0v) is 11.1. The average Bonchev–Trinajstić information content (AvgIpc) is 2.63. The Morgan fingerprint density at radius 1 is 1.35 bits per heavy atom. The minimum absolute atomic E-state index is 0.0120. The highest BCUT2D eigenvalue weighted by atomic mass is 15.1. The van der Waals surface area contributed by atoms with Crippen molar-refractivity contribution in [3.8, 4) is 0 Å². The zero-order chi connectivity index (χ0) is 12.6. The molecule has 0 saturated heterocycles. The summed E-state index contributed by atoms with van der Waals surface area (Å²) in [4.78, 5) is 4.61. The Morgan fingerprint density at radius 2 is 2.06 bits per heavy atom. The number of benzene rings is 1. The summed E-state index contributed by atoms with van der Waals surface area (Å²) in [6.07, 6.45) is 0. The smallest absolute Gasteiger partial charge is 0.106 e. The van der Waals surface area contributed by atoms with E-state index in [4.69, 9.17) is 5.73 Å². The van der Waals surface area contributed by atoms with Crippen LogP contribution in [0.15, 0.2) is 18.2 Å². The molecular formula is C14H21N3. The molecule has 0 amide bonds. The first-order valence-electron chi connectivity index (χ1n) is 6.17. The number of rotatable bonds is 3. The van der Waals surface area contributed by atoms with Crippen molar-refractivity contribution in [1.82, 2.24) is 9.55 Å². The fourth-order valence-corrected chi connectivity index (χ4v) is 2.19. The fourth-order valence-electron chi connectivity index (χ4n) is 2.19. The second-order valence-electron chi connectivity index (χ2n) is 5.19. The molecule has 2 rings (SSSR count). The third-order valence-electron chi connectivity index (χ3n) is 3.55. The Morgan fingerprint density at radius 3 is 2.65 bits per heavy atom. The molecular weight excluding hydrogens is 210 g/mol. The Labute approximate surface area is 103 Å². The molecule has 0 aliphatic rings. The summed E-state index contributed by atoms with van der Waals surface area (Å²) in [5.74, 6) is 1.07. The van der Waals surface area contributed by atoms with Gasteiger partial charge in [-0.2, -0.15) is 0 Å². The van der Waals surface area contributed by atoms with Gasteiger partial charge in [0.2, 0.25) is 0 Å². The maximum absolute atomic E-state index is 5.82. The lowest BCUT2D eigenvalue weighted by Crippen LogP contribution is -2.27. The number of hydrogen-bond donors (Lipinski definition) is 1. The van der Waals surface area contributed by atoms with Crippen LogP contribution in [0.25, 0.3) is 11.0 Å². The normalized spacial score (nSPS) is 12.3. The highest BCUT2D eigenvalue weighted by molar-refractivity contribution is 5.77. The van der Waals surface area contributed by atoms with Gasteiger partial charge in [-0.15, -0.1) is 0 Å². The highest BCUT2D eigenvalue weighted by Crippen LogP contribution is 2.26. The van der Waals surface area contributed by atoms with Crippen LogP contribution in [0.5, 0.6) is 0 Å². The molecule has 92 valence electrons. The van der Waals surface area contributed by atoms with Crippen LogP contribution in [-0.2, 0) is 12.0 Å². The van der Waals surface area contributed by atoms with Gasteiger partial charge in [0, 0.05) is 18.5 Å². The van der Waals surface area contributed by atoms with E-state index < -0.39 is 0 Å². The highest BCUT2D eigenvalue weighted by Gasteiger charge is 2.19. The molecule has 0 saturated carbocycles. The molecule has 2 N–H and O–H groups in total. The standard InChI is InChI=1S/C14H21N3/c1-5-17-10(2)16-12-8-11(6-7-13(12)17)14(3,4)9-15/h6-8H,5,9,15H2,1-4H3. The molecule has 0 atom stereocenters. The number of imidazole rings is 1. The molecule has 1 aromatic heterocycles. The summed E-state index contributed by atoms with van der Waals surface area (Å²) in [6.45, 7) is 10.1.